The highest BCUT2D eigenvalue weighted by molar-refractivity contribution is 6.10. The molecule has 17 heavy (non-hydrogen) atoms. The van der Waals surface area contributed by atoms with Crippen molar-refractivity contribution in [1.29, 1.82) is 0 Å². The van der Waals surface area contributed by atoms with Crippen LogP contribution in [0.4, 0.5) is 4.79 Å². The van der Waals surface area contributed by atoms with Crippen molar-refractivity contribution >= 4 is 29.0 Å². The summed E-state index contributed by atoms with van der Waals surface area (Å²) in [6.07, 6.45) is 5.82. The molecule has 1 aliphatic rings. The van der Waals surface area contributed by atoms with Gasteiger partial charge in [-0.25, -0.2) is 4.79 Å². The van der Waals surface area contributed by atoms with Gasteiger partial charge in [0, 0.05) is 23.3 Å². The van der Waals surface area contributed by atoms with Crippen LogP contribution in [0.5, 0.6) is 0 Å². The lowest BCUT2D eigenvalue weighted by Crippen LogP contribution is -2.18. The van der Waals surface area contributed by atoms with Gasteiger partial charge in [0.25, 0.3) is 5.91 Å². The van der Waals surface area contributed by atoms with E-state index in [0.717, 1.165) is 16.5 Å². The molecule has 0 aromatic carbocycles. The third-order valence-electron chi connectivity index (χ3n) is 2.44. The number of aromatic amines is 1. The van der Waals surface area contributed by atoms with Crippen molar-refractivity contribution in [2.45, 2.75) is 0 Å². The molecule has 1 saturated heterocycles. The van der Waals surface area contributed by atoms with E-state index >= 15 is 0 Å². The summed E-state index contributed by atoms with van der Waals surface area (Å²) < 4.78 is 4.73. The van der Waals surface area contributed by atoms with Crippen LogP contribution in [0.1, 0.15) is 5.56 Å². The molecule has 6 nitrogen and oxygen atoms in total. The second-order valence-electron chi connectivity index (χ2n) is 3.52. The average molecular weight is 229 g/mol. The Kier molecular flexibility index (Phi) is 1.94. The van der Waals surface area contributed by atoms with Crippen molar-refractivity contribution in [2.24, 2.45) is 0 Å². The maximum absolute atomic E-state index is 11.3. The van der Waals surface area contributed by atoms with E-state index in [9.17, 15) is 9.59 Å². The van der Waals surface area contributed by atoms with E-state index in [4.69, 9.17) is 4.74 Å². The van der Waals surface area contributed by atoms with Crippen LogP contribution in [0.25, 0.3) is 17.0 Å². The van der Waals surface area contributed by atoms with E-state index in [0.29, 0.717) is 0 Å². The van der Waals surface area contributed by atoms with Crippen LogP contribution in [0, 0.1) is 0 Å². The summed E-state index contributed by atoms with van der Waals surface area (Å²) in [6, 6.07) is 1.81. The standard InChI is InChI=1S/C11H7N3O3/c15-10-9(17-11(16)14-10)3-6-4-13-8-5-12-2-1-7(6)8/h1-5,13H,(H,14,15,16)/b9-3-. The highest BCUT2D eigenvalue weighted by Crippen LogP contribution is 2.20. The quantitative estimate of drug-likeness (QED) is 0.719. The number of ether oxygens (including phenoxy) is 1. The molecule has 0 atom stereocenters. The number of H-pyrrole nitrogens is 1. The fourth-order valence-corrected chi connectivity index (χ4v) is 1.68. The first-order valence-electron chi connectivity index (χ1n) is 4.90. The number of nitrogens with zero attached hydrogens (tertiary/aromatic N) is 1. The Hall–Kier alpha value is -2.63. The van der Waals surface area contributed by atoms with E-state index in [1.165, 1.54) is 6.08 Å². The van der Waals surface area contributed by atoms with E-state index in [2.05, 4.69) is 9.97 Å². The van der Waals surface area contributed by atoms with E-state index in [-0.39, 0.29) is 5.76 Å². The van der Waals surface area contributed by atoms with Gasteiger partial charge in [0.15, 0.2) is 5.76 Å². The topological polar surface area (TPSA) is 84.1 Å². The Morgan fingerprint density at radius 2 is 2.24 bits per heavy atom. The monoisotopic (exact) mass is 229 g/mol. The molecular weight excluding hydrogens is 222 g/mol. The highest BCUT2D eigenvalue weighted by Gasteiger charge is 2.26. The number of amides is 2. The molecule has 0 aliphatic carbocycles. The molecule has 0 saturated carbocycles. The first kappa shape index (κ1) is 9.59. The molecule has 84 valence electrons. The number of pyridine rings is 1. The summed E-state index contributed by atoms with van der Waals surface area (Å²) in [6.45, 7) is 0. The van der Waals surface area contributed by atoms with E-state index in [1.54, 1.807) is 18.6 Å². The number of fused-ring (bicyclic) bond motifs is 1. The first-order chi connectivity index (χ1) is 8.24. The molecule has 2 aromatic rings. The van der Waals surface area contributed by atoms with E-state index < -0.39 is 12.0 Å². The molecule has 1 aliphatic heterocycles. The van der Waals surface area contributed by atoms with Crippen molar-refractivity contribution in [3.05, 3.63) is 36.0 Å². The van der Waals surface area contributed by atoms with Gasteiger partial charge in [-0.15, -0.1) is 0 Å². The first-order valence-corrected chi connectivity index (χ1v) is 4.90. The number of aromatic nitrogens is 2. The smallest absolute Gasteiger partial charge is 0.404 e. The largest absolute Gasteiger partial charge is 0.419 e. The Morgan fingerprint density at radius 3 is 3.00 bits per heavy atom. The van der Waals surface area contributed by atoms with Gasteiger partial charge in [-0.1, -0.05) is 0 Å². The van der Waals surface area contributed by atoms with Gasteiger partial charge in [0.05, 0.1) is 11.7 Å². The SMILES string of the molecule is O=C1NC(=O)/C(=C/c2c[nH]c3cnccc23)O1. The summed E-state index contributed by atoms with van der Waals surface area (Å²) >= 11 is 0. The Labute approximate surface area is 95.3 Å². The lowest BCUT2D eigenvalue weighted by atomic mass is 10.2. The van der Waals surface area contributed by atoms with Crippen LogP contribution in [-0.4, -0.2) is 22.0 Å². The Balaban J connectivity index is 2.08. The number of alkyl carbamates (subject to hydrolysis) is 1. The van der Waals surface area contributed by atoms with Gasteiger partial charge in [-0.2, -0.15) is 0 Å². The normalized spacial score (nSPS) is 17.5. The molecule has 1 fully saturated rings. The second kappa shape index (κ2) is 3.44. The zero-order valence-corrected chi connectivity index (χ0v) is 8.56. The number of hydrogen-bond donors (Lipinski definition) is 2. The molecule has 0 radical (unpaired) electrons. The van der Waals surface area contributed by atoms with Crippen LogP contribution in [0.15, 0.2) is 30.4 Å². The summed E-state index contributed by atoms with van der Waals surface area (Å²) in [4.78, 5) is 29.1. The Morgan fingerprint density at radius 1 is 1.35 bits per heavy atom. The number of nitrogens with one attached hydrogen (secondary N) is 2. The van der Waals surface area contributed by atoms with Gasteiger partial charge in [-0.05, 0) is 12.1 Å². The number of carbonyl (C=O) groups excluding carboxylic acids is 2. The molecular formula is C11H7N3O3. The van der Waals surface area contributed by atoms with Crippen LogP contribution in [0.2, 0.25) is 0 Å². The maximum atomic E-state index is 11.3. The molecule has 2 aromatic heterocycles. The fraction of sp³-hybridized carbons (Fsp3) is 0. The molecule has 2 amide bonds. The van der Waals surface area contributed by atoms with Gasteiger partial charge >= 0.3 is 6.09 Å². The van der Waals surface area contributed by atoms with Crippen LogP contribution in [-0.2, 0) is 9.53 Å². The molecule has 6 heteroatoms. The second-order valence-corrected chi connectivity index (χ2v) is 3.52. The average Bonchev–Trinajstić information content (AvgIpc) is 2.85. The minimum Gasteiger partial charge on any atom is -0.404 e. The minimum absolute atomic E-state index is 0.00675. The van der Waals surface area contributed by atoms with E-state index in [1.807, 2.05) is 11.4 Å². The highest BCUT2D eigenvalue weighted by atomic mass is 16.6. The zero-order chi connectivity index (χ0) is 11.8. The predicted octanol–water partition coefficient (Wildman–Crippen LogP) is 1.17. The lowest BCUT2D eigenvalue weighted by molar-refractivity contribution is -0.116. The van der Waals surface area contributed by atoms with Crippen molar-refractivity contribution < 1.29 is 14.3 Å². The summed E-state index contributed by atoms with van der Waals surface area (Å²) in [5.74, 6) is -0.536. The van der Waals surface area contributed by atoms with Crippen LogP contribution < -0.4 is 5.32 Å². The van der Waals surface area contributed by atoms with Crippen molar-refractivity contribution in [1.82, 2.24) is 15.3 Å². The fourth-order valence-electron chi connectivity index (χ4n) is 1.68. The third-order valence-corrected chi connectivity index (χ3v) is 2.44. The molecule has 3 heterocycles. The molecule has 0 spiro atoms. The zero-order valence-electron chi connectivity index (χ0n) is 8.56. The van der Waals surface area contributed by atoms with Crippen molar-refractivity contribution in [2.75, 3.05) is 0 Å². The summed E-state index contributed by atoms with van der Waals surface area (Å²) in [5, 5.41) is 2.94. The number of carbonyl (C=O) groups is 2. The number of rotatable bonds is 1. The van der Waals surface area contributed by atoms with Crippen LogP contribution in [0.3, 0.4) is 0 Å². The van der Waals surface area contributed by atoms with Crippen molar-refractivity contribution in [3.63, 3.8) is 0 Å². The van der Waals surface area contributed by atoms with Gasteiger partial charge in [0.1, 0.15) is 0 Å². The molecule has 2 N–H and O–H groups in total. The van der Waals surface area contributed by atoms with Crippen LogP contribution >= 0.6 is 0 Å². The maximum Gasteiger partial charge on any atom is 0.419 e. The number of imide groups is 1. The van der Waals surface area contributed by atoms with Gasteiger partial charge in [-0.3, -0.25) is 15.1 Å². The summed E-state index contributed by atoms with van der Waals surface area (Å²) in [5.41, 5.74) is 1.62. The minimum atomic E-state index is -0.747. The van der Waals surface area contributed by atoms with Gasteiger partial charge in [0.2, 0.25) is 0 Å². The number of cyclic esters (lactones) is 1. The molecule has 0 bridgehead atoms. The van der Waals surface area contributed by atoms with Crippen molar-refractivity contribution in [3.8, 4) is 0 Å². The lowest BCUT2D eigenvalue weighted by Gasteiger charge is -1.92. The van der Waals surface area contributed by atoms with Gasteiger partial charge < -0.3 is 9.72 Å². The predicted molar refractivity (Wildman–Crippen MR) is 58.7 cm³/mol. The number of hydrogen-bond acceptors (Lipinski definition) is 4. The Bertz CT molecular complexity index is 657. The molecule has 0 unspecified atom stereocenters. The molecule has 3 rings (SSSR count). The third kappa shape index (κ3) is 1.55. The summed E-state index contributed by atoms with van der Waals surface area (Å²) in [7, 11) is 0.